The second kappa shape index (κ2) is 9.88. The maximum absolute atomic E-state index is 12.6. The summed E-state index contributed by atoms with van der Waals surface area (Å²) in [5.74, 6) is 5.89. The van der Waals surface area contributed by atoms with Gasteiger partial charge < -0.3 is 9.80 Å². The molecule has 4 aliphatic carbocycles. The third kappa shape index (κ3) is 3.71. The molecular formula is C32H38N2O4. The normalized spacial score (nSPS) is 37.5. The van der Waals surface area contributed by atoms with Crippen molar-refractivity contribution in [1.29, 1.82) is 0 Å². The van der Waals surface area contributed by atoms with Gasteiger partial charge in [0.1, 0.15) is 0 Å². The summed E-state index contributed by atoms with van der Waals surface area (Å²) in [6, 6.07) is 0.228. The first kappa shape index (κ1) is 26.5. The van der Waals surface area contributed by atoms with E-state index in [-0.39, 0.29) is 58.1 Å². The number of carbonyl (C=O) groups is 4. The number of terminal acetylenes is 2. The Morgan fingerprint density at radius 2 is 1.13 bits per heavy atom. The molecule has 38 heavy (non-hydrogen) atoms. The summed E-state index contributed by atoms with van der Waals surface area (Å²) in [4.78, 5) is 53.4. The molecule has 6 nitrogen and oxygen atoms in total. The van der Waals surface area contributed by atoms with E-state index in [1.165, 1.54) is 0 Å². The molecule has 0 aromatic carbocycles. The van der Waals surface area contributed by atoms with E-state index >= 15 is 0 Å². The summed E-state index contributed by atoms with van der Waals surface area (Å²) >= 11 is 0. The molecule has 0 unspecified atom stereocenters. The van der Waals surface area contributed by atoms with Crippen molar-refractivity contribution >= 4 is 23.4 Å². The second-order valence-electron chi connectivity index (χ2n) is 12.1. The molecule has 0 N–H and O–H groups in total. The van der Waals surface area contributed by atoms with Crippen LogP contribution in [0.15, 0.2) is 23.3 Å². The minimum atomic E-state index is -0.306. The Labute approximate surface area is 226 Å². The second-order valence-corrected chi connectivity index (χ2v) is 12.1. The molecule has 6 atom stereocenters. The van der Waals surface area contributed by atoms with E-state index in [1.807, 2.05) is 9.80 Å². The van der Waals surface area contributed by atoms with Crippen molar-refractivity contribution in [2.24, 2.45) is 22.7 Å². The van der Waals surface area contributed by atoms with Crippen LogP contribution in [0.5, 0.6) is 0 Å². The van der Waals surface area contributed by atoms with Gasteiger partial charge in [0.2, 0.25) is 11.8 Å². The lowest BCUT2D eigenvalue weighted by Gasteiger charge is -2.41. The summed E-state index contributed by atoms with van der Waals surface area (Å²) in [7, 11) is 0. The number of amides is 2. The van der Waals surface area contributed by atoms with Crippen molar-refractivity contribution in [3.63, 3.8) is 0 Å². The minimum absolute atomic E-state index is 0.0520. The summed E-state index contributed by atoms with van der Waals surface area (Å²) in [6.45, 7) is 4.95. The van der Waals surface area contributed by atoms with Crippen molar-refractivity contribution in [2.45, 2.75) is 90.1 Å². The molecule has 6 heteroatoms. The highest BCUT2D eigenvalue weighted by Crippen LogP contribution is 2.56. The van der Waals surface area contributed by atoms with Crippen LogP contribution in [0.25, 0.3) is 0 Å². The smallest absolute Gasteiger partial charge is 0.227 e. The van der Waals surface area contributed by atoms with Crippen LogP contribution in [0.3, 0.4) is 0 Å². The van der Waals surface area contributed by atoms with E-state index in [4.69, 9.17) is 12.8 Å². The Morgan fingerprint density at radius 3 is 1.50 bits per heavy atom. The lowest BCUT2D eigenvalue weighted by atomic mass is 9.63. The van der Waals surface area contributed by atoms with Crippen molar-refractivity contribution in [1.82, 2.24) is 9.80 Å². The molecule has 0 aromatic heterocycles. The van der Waals surface area contributed by atoms with Gasteiger partial charge in [0.15, 0.2) is 11.6 Å². The van der Waals surface area contributed by atoms with Crippen LogP contribution in [-0.4, -0.2) is 58.4 Å². The van der Waals surface area contributed by atoms with Crippen molar-refractivity contribution in [3.05, 3.63) is 23.3 Å². The van der Waals surface area contributed by atoms with Crippen molar-refractivity contribution in [3.8, 4) is 24.7 Å². The number of allylic oxidation sites excluding steroid dienone is 2. The SMILES string of the molecule is C#CCN1C(=O)[C@@H]2CCCC=C3C(=O)CC[C@H]1[C@@]32C.C#CCN1C(=O)[C@H]2CCCC=C3C(=O)CC[C@@H]1[C@]32C. The van der Waals surface area contributed by atoms with Gasteiger partial charge in [-0.25, -0.2) is 0 Å². The highest BCUT2D eigenvalue weighted by Gasteiger charge is 2.61. The predicted molar refractivity (Wildman–Crippen MR) is 144 cm³/mol. The summed E-state index contributed by atoms with van der Waals surface area (Å²) in [5.41, 5.74) is 1.19. The highest BCUT2D eigenvalue weighted by molar-refractivity contribution is 6.01. The third-order valence-corrected chi connectivity index (χ3v) is 10.4. The molecule has 2 amide bonds. The molecule has 6 aliphatic rings. The molecule has 4 fully saturated rings. The minimum Gasteiger partial charge on any atom is -0.327 e. The number of Topliss-reactive ketones (excluding diaryl/α,β-unsaturated/α-hetero) is 2. The number of ketones is 2. The molecule has 2 saturated carbocycles. The van der Waals surface area contributed by atoms with Gasteiger partial charge in [-0.3, -0.25) is 19.2 Å². The Bertz CT molecular complexity index is 1120. The third-order valence-electron chi connectivity index (χ3n) is 10.4. The maximum atomic E-state index is 12.6. The number of carbonyl (C=O) groups excluding carboxylic acids is 4. The van der Waals surface area contributed by atoms with Crippen LogP contribution in [0.4, 0.5) is 0 Å². The van der Waals surface area contributed by atoms with E-state index in [0.717, 1.165) is 62.5 Å². The first-order valence-electron chi connectivity index (χ1n) is 14.2. The van der Waals surface area contributed by atoms with E-state index in [1.54, 1.807) is 0 Å². The van der Waals surface area contributed by atoms with Gasteiger partial charge in [-0.1, -0.05) is 37.8 Å². The topological polar surface area (TPSA) is 74.8 Å². The van der Waals surface area contributed by atoms with E-state index in [2.05, 4.69) is 37.8 Å². The lowest BCUT2D eigenvalue weighted by Crippen LogP contribution is -2.46. The molecule has 0 aromatic rings. The Hall–Kier alpha value is -3.12. The van der Waals surface area contributed by atoms with Crippen molar-refractivity contribution < 1.29 is 19.2 Å². The number of likely N-dealkylation sites (tertiary alicyclic amines) is 2. The van der Waals surface area contributed by atoms with Crippen LogP contribution in [0.2, 0.25) is 0 Å². The van der Waals surface area contributed by atoms with Gasteiger partial charge in [-0.15, -0.1) is 12.8 Å². The molecular weight excluding hydrogens is 476 g/mol. The average Bonchev–Trinajstić information content (AvgIpc) is 3.06. The average molecular weight is 515 g/mol. The fourth-order valence-corrected chi connectivity index (χ4v) is 8.61. The van der Waals surface area contributed by atoms with Gasteiger partial charge in [-0.05, 0) is 62.5 Å². The van der Waals surface area contributed by atoms with Crippen LogP contribution in [-0.2, 0) is 19.2 Å². The summed E-state index contributed by atoms with van der Waals surface area (Å²) < 4.78 is 0. The van der Waals surface area contributed by atoms with E-state index < -0.39 is 0 Å². The molecule has 6 rings (SSSR count). The van der Waals surface area contributed by atoms with Crippen LogP contribution < -0.4 is 0 Å². The first-order chi connectivity index (χ1) is 18.2. The summed E-state index contributed by atoms with van der Waals surface area (Å²) in [5, 5.41) is 0. The van der Waals surface area contributed by atoms with Crippen LogP contribution >= 0.6 is 0 Å². The number of hydrogen-bond donors (Lipinski definition) is 0. The molecule has 2 saturated heterocycles. The van der Waals surface area contributed by atoms with Gasteiger partial charge in [0.05, 0.1) is 13.1 Å². The van der Waals surface area contributed by atoms with Crippen LogP contribution in [0, 0.1) is 47.4 Å². The molecule has 0 spiro atoms. The van der Waals surface area contributed by atoms with Gasteiger partial charge >= 0.3 is 0 Å². The monoisotopic (exact) mass is 514 g/mol. The molecule has 200 valence electrons. The number of nitrogens with zero attached hydrogens (tertiary/aromatic N) is 2. The fourth-order valence-electron chi connectivity index (χ4n) is 8.61. The largest absolute Gasteiger partial charge is 0.327 e. The highest BCUT2D eigenvalue weighted by atomic mass is 16.2. The number of rotatable bonds is 2. The Kier molecular flexibility index (Phi) is 6.89. The molecule has 0 radical (unpaired) electrons. The summed E-state index contributed by atoms with van der Waals surface area (Å²) in [6.07, 6.45) is 23.2. The van der Waals surface area contributed by atoms with Gasteiger partial charge in [0.25, 0.3) is 0 Å². The van der Waals surface area contributed by atoms with Gasteiger partial charge in [0, 0.05) is 47.6 Å². The Balaban J connectivity index is 0.000000155. The zero-order chi connectivity index (χ0) is 27.2. The molecule has 2 heterocycles. The van der Waals surface area contributed by atoms with E-state index in [9.17, 15) is 19.2 Å². The number of hydrogen-bond acceptors (Lipinski definition) is 4. The maximum Gasteiger partial charge on any atom is 0.227 e. The molecule has 2 aliphatic heterocycles. The van der Waals surface area contributed by atoms with Crippen molar-refractivity contribution in [2.75, 3.05) is 13.1 Å². The fraction of sp³-hybridized carbons (Fsp3) is 0.625. The molecule has 0 bridgehead atoms. The first-order valence-corrected chi connectivity index (χ1v) is 14.2. The van der Waals surface area contributed by atoms with Crippen LogP contribution in [0.1, 0.15) is 78.1 Å². The lowest BCUT2D eigenvalue weighted by molar-refractivity contribution is -0.132. The van der Waals surface area contributed by atoms with E-state index in [0.29, 0.717) is 25.9 Å². The predicted octanol–water partition coefficient (Wildman–Crippen LogP) is 3.85. The quantitative estimate of drug-likeness (QED) is 0.525. The zero-order valence-electron chi connectivity index (χ0n) is 22.6. The standard InChI is InChI=1S/2C16H19NO2/c2*1-3-10-17-14-9-8-13(18)11-6-4-5-7-12(15(17)19)16(11,14)2/h2*1,6,12,14H,4-5,7-10H2,2H3/t2*12-,14-,16-/m10/s1. The Morgan fingerprint density at radius 1 is 0.737 bits per heavy atom. The zero-order valence-corrected chi connectivity index (χ0v) is 22.6. The van der Waals surface area contributed by atoms with Gasteiger partial charge in [-0.2, -0.15) is 0 Å².